The van der Waals surface area contributed by atoms with Gasteiger partial charge in [-0.25, -0.2) is 0 Å². The van der Waals surface area contributed by atoms with Crippen LogP contribution in [-0.2, 0) is 4.79 Å². The number of rotatable bonds is 7. The highest BCUT2D eigenvalue weighted by Gasteiger charge is 2.04. The van der Waals surface area contributed by atoms with Crippen molar-refractivity contribution in [1.82, 2.24) is 5.32 Å². The number of para-hydroxylation sites is 1. The van der Waals surface area contributed by atoms with Gasteiger partial charge in [0, 0.05) is 12.5 Å². The van der Waals surface area contributed by atoms with Crippen LogP contribution < -0.4 is 10.1 Å². The summed E-state index contributed by atoms with van der Waals surface area (Å²) in [5.41, 5.74) is 0. The molecule has 94 valence electrons. The summed E-state index contributed by atoms with van der Waals surface area (Å²) in [5.74, 6) is 0.964. The average molecular weight is 235 g/mol. The fourth-order valence-corrected chi connectivity index (χ4v) is 1.39. The van der Waals surface area contributed by atoms with Gasteiger partial charge in [-0.15, -0.1) is 0 Å². The highest BCUT2D eigenvalue weighted by atomic mass is 16.5. The molecule has 1 unspecified atom stereocenters. The van der Waals surface area contributed by atoms with Crippen molar-refractivity contribution in [2.24, 2.45) is 0 Å². The van der Waals surface area contributed by atoms with Crippen LogP contribution in [0.2, 0.25) is 0 Å². The number of hydrogen-bond donors (Lipinski definition) is 1. The summed E-state index contributed by atoms with van der Waals surface area (Å²) in [5, 5.41) is 2.93. The first-order valence-corrected chi connectivity index (χ1v) is 6.19. The molecular formula is C14H21NO2. The normalized spacial score (nSPS) is 11.9. The first-order chi connectivity index (χ1) is 8.22. The Balaban J connectivity index is 2.10. The van der Waals surface area contributed by atoms with Gasteiger partial charge in [-0.05, 0) is 31.9 Å². The molecule has 17 heavy (non-hydrogen) atoms. The van der Waals surface area contributed by atoms with Gasteiger partial charge >= 0.3 is 0 Å². The minimum absolute atomic E-state index is 0.107. The van der Waals surface area contributed by atoms with Crippen molar-refractivity contribution in [1.29, 1.82) is 0 Å². The van der Waals surface area contributed by atoms with E-state index in [0.29, 0.717) is 13.0 Å². The van der Waals surface area contributed by atoms with Crippen LogP contribution in [0.1, 0.15) is 33.1 Å². The largest absolute Gasteiger partial charge is 0.494 e. The fraction of sp³-hybridized carbons (Fsp3) is 0.500. The summed E-state index contributed by atoms with van der Waals surface area (Å²) in [6.07, 6.45) is 2.24. The zero-order valence-electron chi connectivity index (χ0n) is 10.6. The van der Waals surface area contributed by atoms with Gasteiger partial charge in [-0.1, -0.05) is 25.1 Å². The van der Waals surface area contributed by atoms with Crippen molar-refractivity contribution < 1.29 is 9.53 Å². The smallest absolute Gasteiger partial charge is 0.220 e. The molecule has 0 heterocycles. The molecule has 1 rings (SSSR count). The monoisotopic (exact) mass is 235 g/mol. The van der Waals surface area contributed by atoms with E-state index in [1.54, 1.807) is 0 Å². The minimum atomic E-state index is 0.107. The maximum absolute atomic E-state index is 11.5. The van der Waals surface area contributed by atoms with Gasteiger partial charge in [0.2, 0.25) is 5.91 Å². The molecule has 3 nitrogen and oxygen atoms in total. The zero-order valence-corrected chi connectivity index (χ0v) is 10.6. The van der Waals surface area contributed by atoms with Crippen molar-refractivity contribution in [3.63, 3.8) is 0 Å². The molecule has 0 aliphatic heterocycles. The first kappa shape index (κ1) is 13.6. The van der Waals surface area contributed by atoms with Crippen LogP contribution in [0.15, 0.2) is 30.3 Å². The Bertz CT molecular complexity index is 324. The standard InChI is InChI=1S/C14H21NO2/c1-3-12(2)15-14(16)10-7-11-17-13-8-5-4-6-9-13/h4-6,8-9,12H,3,7,10-11H2,1-2H3,(H,15,16). The summed E-state index contributed by atoms with van der Waals surface area (Å²) in [4.78, 5) is 11.5. The van der Waals surface area contributed by atoms with E-state index in [0.717, 1.165) is 18.6 Å². The van der Waals surface area contributed by atoms with Crippen LogP contribution in [0.3, 0.4) is 0 Å². The Morgan fingerprint density at radius 2 is 2.06 bits per heavy atom. The van der Waals surface area contributed by atoms with Gasteiger partial charge in [0.25, 0.3) is 0 Å². The van der Waals surface area contributed by atoms with E-state index >= 15 is 0 Å². The molecule has 0 aliphatic carbocycles. The zero-order chi connectivity index (χ0) is 12.5. The van der Waals surface area contributed by atoms with Crippen LogP contribution in [-0.4, -0.2) is 18.6 Å². The first-order valence-electron chi connectivity index (χ1n) is 6.19. The lowest BCUT2D eigenvalue weighted by molar-refractivity contribution is -0.121. The van der Waals surface area contributed by atoms with E-state index in [1.165, 1.54) is 0 Å². The van der Waals surface area contributed by atoms with Crippen molar-refractivity contribution in [3.05, 3.63) is 30.3 Å². The Morgan fingerprint density at radius 1 is 1.35 bits per heavy atom. The van der Waals surface area contributed by atoms with Gasteiger partial charge in [-0.2, -0.15) is 0 Å². The highest BCUT2D eigenvalue weighted by Crippen LogP contribution is 2.08. The summed E-state index contributed by atoms with van der Waals surface area (Å²) in [7, 11) is 0. The average Bonchev–Trinajstić information content (AvgIpc) is 2.36. The lowest BCUT2D eigenvalue weighted by atomic mass is 10.2. The third-order valence-corrected chi connectivity index (χ3v) is 2.58. The molecule has 3 heteroatoms. The number of hydrogen-bond acceptors (Lipinski definition) is 2. The SMILES string of the molecule is CCC(C)NC(=O)CCCOc1ccccc1. The molecule has 0 aromatic heterocycles. The quantitative estimate of drug-likeness (QED) is 0.738. The third kappa shape index (κ3) is 5.95. The lowest BCUT2D eigenvalue weighted by Crippen LogP contribution is -2.31. The molecule has 0 bridgehead atoms. The van der Waals surface area contributed by atoms with Gasteiger partial charge in [-0.3, -0.25) is 4.79 Å². The minimum Gasteiger partial charge on any atom is -0.494 e. The van der Waals surface area contributed by atoms with Gasteiger partial charge < -0.3 is 10.1 Å². The summed E-state index contributed by atoms with van der Waals surface area (Å²) < 4.78 is 5.51. The molecule has 0 saturated heterocycles. The van der Waals surface area contributed by atoms with E-state index in [-0.39, 0.29) is 11.9 Å². The number of benzene rings is 1. The molecule has 0 radical (unpaired) electrons. The Kier molecular flexibility index (Phi) is 6.15. The Labute approximate surface area is 103 Å². The van der Waals surface area contributed by atoms with Crippen LogP contribution in [0.25, 0.3) is 0 Å². The van der Waals surface area contributed by atoms with Crippen molar-refractivity contribution in [2.45, 2.75) is 39.2 Å². The molecule has 1 atom stereocenters. The predicted octanol–water partition coefficient (Wildman–Crippen LogP) is 2.76. The van der Waals surface area contributed by atoms with Crippen molar-refractivity contribution >= 4 is 5.91 Å². The highest BCUT2D eigenvalue weighted by molar-refractivity contribution is 5.76. The Hall–Kier alpha value is -1.51. The molecular weight excluding hydrogens is 214 g/mol. The van der Waals surface area contributed by atoms with Gasteiger partial charge in [0.15, 0.2) is 0 Å². The number of amides is 1. The second kappa shape index (κ2) is 7.71. The molecule has 0 spiro atoms. The maximum Gasteiger partial charge on any atom is 0.220 e. The van der Waals surface area contributed by atoms with E-state index in [1.807, 2.05) is 37.3 Å². The number of carbonyl (C=O) groups excluding carboxylic acids is 1. The second-order valence-electron chi connectivity index (χ2n) is 4.14. The molecule has 0 saturated carbocycles. The molecule has 1 N–H and O–H groups in total. The van der Waals surface area contributed by atoms with E-state index in [2.05, 4.69) is 12.2 Å². The van der Waals surface area contributed by atoms with Gasteiger partial charge in [0.05, 0.1) is 6.61 Å². The molecule has 0 fully saturated rings. The van der Waals surface area contributed by atoms with E-state index in [4.69, 9.17) is 4.74 Å². The number of nitrogens with one attached hydrogen (secondary N) is 1. The molecule has 1 aromatic carbocycles. The van der Waals surface area contributed by atoms with E-state index < -0.39 is 0 Å². The van der Waals surface area contributed by atoms with Crippen LogP contribution >= 0.6 is 0 Å². The number of carbonyl (C=O) groups is 1. The lowest BCUT2D eigenvalue weighted by Gasteiger charge is -2.11. The molecule has 0 aliphatic rings. The number of ether oxygens (including phenoxy) is 1. The van der Waals surface area contributed by atoms with Crippen molar-refractivity contribution in [3.8, 4) is 5.75 Å². The Morgan fingerprint density at radius 3 is 2.71 bits per heavy atom. The van der Waals surface area contributed by atoms with Crippen LogP contribution in [0, 0.1) is 0 Å². The summed E-state index contributed by atoms with van der Waals surface area (Å²) in [6, 6.07) is 9.92. The second-order valence-corrected chi connectivity index (χ2v) is 4.14. The topological polar surface area (TPSA) is 38.3 Å². The summed E-state index contributed by atoms with van der Waals surface area (Å²) in [6.45, 7) is 4.65. The maximum atomic E-state index is 11.5. The van der Waals surface area contributed by atoms with Crippen LogP contribution in [0.5, 0.6) is 5.75 Å². The predicted molar refractivity (Wildman–Crippen MR) is 69.1 cm³/mol. The molecule has 1 amide bonds. The molecule has 1 aromatic rings. The summed E-state index contributed by atoms with van der Waals surface area (Å²) >= 11 is 0. The van der Waals surface area contributed by atoms with Gasteiger partial charge in [0.1, 0.15) is 5.75 Å². The third-order valence-electron chi connectivity index (χ3n) is 2.58. The fourth-order valence-electron chi connectivity index (χ4n) is 1.39. The van der Waals surface area contributed by atoms with Crippen LogP contribution in [0.4, 0.5) is 0 Å². The van der Waals surface area contributed by atoms with Crippen molar-refractivity contribution in [2.75, 3.05) is 6.61 Å². The van der Waals surface area contributed by atoms with E-state index in [9.17, 15) is 4.79 Å².